The van der Waals surface area contributed by atoms with Gasteiger partial charge in [0.2, 0.25) is 0 Å². The van der Waals surface area contributed by atoms with Crippen molar-refractivity contribution in [2.45, 2.75) is 24.5 Å². The Labute approximate surface area is 64.4 Å². The van der Waals surface area contributed by atoms with Crippen molar-refractivity contribution in [3.05, 3.63) is 0 Å². The van der Waals surface area contributed by atoms with Crippen molar-refractivity contribution in [1.29, 1.82) is 0 Å². The predicted octanol–water partition coefficient (Wildman–Crippen LogP) is 0.137. The van der Waals surface area contributed by atoms with Crippen molar-refractivity contribution in [3.63, 3.8) is 0 Å². The van der Waals surface area contributed by atoms with E-state index in [9.17, 15) is 4.39 Å². The molecule has 0 aromatic rings. The summed E-state index contributed by atoms with van der Waals surface area (Å²) in [5.74, 6) is 0. The molecule has 4 atom stereocenters. The molecule has 0 spiro atoms. The average molecular weight is 162 g/mol. The molecule has 2 saturated heterocycles. The number of alkyl halides is 1. The van der Waals surface area contributed by atoms with Gasteiger partial charge >= 0.3 is 0 Å². The van der Waals surface area contributed by atoms with Gasteiger partial charge in [-0.3, -0.25) is 0 Å². The summed E-state index contributed by atoms with van der Waals surface area (Å²) in [5, 5.41) is 0. The van der Waals surface area contributed by atoms with Crippen LogP contribution in [0.1, 0.15) is 0 Å². The second kappa shape index (κ2) is 2.69. The quantitative estimate of drug-likeness (QED) is 0.548. The lowest BCUT2D eigenvalue weighted by atomic mass is 10.1. The normalized spacial score (nSPS) is 49.6. The number of ether oxygens (including phenoxy) is 3. The van der Waals surface area contributed by atoms with Crippen LogP contribution in [0.5, 0.6) is 0 Å². The molecule has 2 aliphatic heterocycles. The molecule has 2 fully saturated rings. The monoisotopic (exact) mass is 162 g/mol. The van der Waals surface area contributed by atoms with Crippen molar-refractivity contribution >= 4 is 0 Å². The Hall–Kier alpha value is -0.190. The molecule has 0 aromatic heterocycles. The zero-order valence-corrected chi connectivity index (χ0v) is 6.33. The maximum atomic E-state index is 12.9. The van der Waals surface area contributed by atoms with E-state index in [4.69, 9.17) is 14.2 Å². The highest BCUT2D eigenvalue weighted by Crippen LogP contribution is 2.29. The Kier molecular flexibility index (Phi) is 1.83. The highest BCUT2D eigenvalue weighted by molar-refractivity contribution is 4.94. The first-order valence-corrected chi connectivity index (χ1v) is 3.73. The Morgan fingerprint density at radius 1 is 1.27 bits per heavy atom. The van der Waals surface area contributed by atoms with Gasteiger partial charge in [-0.05, 0) is 0 Å². The van der Waals surface area contributed by atoms with Crippen LogP contribution < -0.4 is 0 Å². The lowest BCUT2D eigenvalue weighted by Crippen LogP contribution is -2.30. The van der Waals surface area contributed by atoms with Crippen molar-refractivity contribution in [3.8, 4) is 0 Å². The molecule has 3 nitrogen and oxygen atoms in total. The zero-order chi connectivity index (χ0) is 7.84. The lowest BCUT2D eigenvalue weighted by Gasteiger charge is -2.12. The number of methoxy groups -OCH3 is 1. The summed E-state index contributed by atoms with van der Waals surface area (Å²) in [7, 11) is 1.59. The Balaban J connectivity index is 2.04. The third-order valence-electron chi connectivity index (χ3n) is 2.25. The van der Waals surface area contributed by atoms with E-state index in [-0.39, 0.29) is 24.9 Å². The maximum absolute atomic E-state index is 12.9. The molecule has 0 aromatic carbocycles. The molecular formula is C7H11FO3. The van der Waals surface area contributed by atoms with Gasteiger partial charge in [0.1, 0.15) is 18.3 Å². The Bertz CT molecular complexity index is 153. The minimum absolute atomic E-state index is 0.0826. The molecule has 0 bridgehead atoms. The molecular weight excluding hydrogens is 151 g/mol. The van der Waals surface area contributed by atoms with Crippen LogP contribution in [0.2, 0.25) is 0 Å². The molecule has 11 heavy (non-hydrogen) atoms. The van der Waals surface area contributed by atoms with Crippen LogP contribution in [-0.2, 0) is 14.2 Å². The van der Waals surface area contributed by atoms with Crippen LogP contribution in [-0.4, -0.2) is 44.8 Å². The van der Waals surface area contributed by atoms with Crippen LogP contribution in [0, 0.1) is 0 Å². The van der Waals surface area contributed by atoms with Crippen molar-refractivity contribution in [2.75, 3.05) is 20.3 Å². The second-order valence-corrected chi connectivity index (χ2v) is 2.89. The van der Waals surface area contributed by atoms with Crippen LogP contribution in [0.25, 0.3) is 0 Å². The van der Waals surface area contributed by atoms with Gasteiger partial charge in [0, 0.05) is 7.11 Å². The summed E-state index contributed by atoms with van der Waals surface area (Å²) in [6.07, 6.45) is -1.63. The van der Waals surface area contributed by atoms with E-state index in [0.29, 0.717) is 6.61 Å². The van der Waals surface area contributed by atoms with Gasteiger partial charge in [-0.2, -0.15) is 0 Å². The number of rotatable bonds is 1. The smallest absolute Gasteiger partial charge is 0.152 e. The summed E-state index contributed by atoms with van der Waals surface area (Å²) in [4.78, 5) is 0. The maximum Gasteiger partial charge on any atom is 0.152 e. The summed E-state index contributed by atoms with van der Waals surface area (Å²) in [6.45, 7) is 0.599. The van der Waals surface area contributed by atoms with Crippen LogP contribution in [0.3, 0.4) is 0 Å². The highest BCUT2D eigenvalue weighted by Gasteiger charge is 2.48. The van der Waals surface area contributed by atoms with Gasteiger partial charge in [-0.1, -0.05) is 0 Å². The van der Waals surface area contributed by atoms with Gasteiger partial charge in [0.15, 0.2) is 6.17 Å². The zero-order valence-electron chi connectivity index (χ0n) is 6.33. The minimum atomic E-state index is -0.972. The fraction of sp³-hybridized carbons (Fsp3) is 1.00. The van der Waals surface area contributed by atoms with Gasteiger partial charge in [0.25, 0.3) is 0 Å². The third kappa shape index (κ3) is 1.06. The Morgan fingerprint density at radius 2 is 2.00 bits per heavy atom. The molecule has 0 saturated carbocycles. The summed E-state index contributed by atoms with van der Waals surface area (Å²) >= 11 is 0. The molecule has 0 amide bonds. The van der Waals surface area contributed by atoms with Gasteiger partial charge < -0.3 is 14.2 Å². The summed E-state index contributed by atoms with van der Waals surface area (Å²) in [5.41, 5.74) is 0. The van der Waals surface area contributed by atoms with Crippen molar-refractivity contribution < 1.29 is 18.6 Å². The fourth-order valence-corrected chi connectivity index (χ4v) is 1.62. The van der Waals surface area contributed by atoms with Crippen LogP contribution in [0.4, 0.5) is 4.39 Å². The van der Waals surface area contributed by atoms with Crippen LogP contribution in [0.15, 0.2) is 0 Å². The van der Waals surface area contributed by atoms with Gasteiger partial charge in [-0.25, -0.2) is 4.39 Å². The molecule has 2 rings (SSSR count). The molecule has 0 N–H and O–H groups in total. The second-order valence-electron chi connectivity index (χ2n) is 2.89. The standard InChI is InChI=1S/C7H11FO3/c1-9-5-3-11-6-4(8)2-10-7(5)6/h4-7H,2-3H2,1H3/t4-,5+,6+,7+/m0/s1. The summed E-state index contributed by atoms with van der Waals surface area (Å²) in [6, 6.07) is 0. The van der Waals surface area contributed by atoms with Crippen molar-refractivity contribution in [1.82, 2.24) is 0 Å². The number of fused-ring (bicyclic) bond motifs is 1. The fourth-order valence-electron chi connectivity index (χ4n) is 1.62. The minimum Gasteiger partial charge on any atom is -0.376 e. The van der Waals surface area contributed by atoms with Gasteiger partial charge in [0.05, 0.1) is 13.2 Å². The third-order valence-corrected chi connectivity index (χ3v) is 2.25. The van der Waals surface area contributed by atoms with Gasteiger partial charge in [-0.15, -0.1) is 0 Å². The summed E-state index contributed by atoms with van der Waals surface area (Å²) < 4.78 is 28.3. The molecule has 0 aliphatic carbocycles. The van der Waals surface area contributed by atoms with E-state index in [2.05, 4.69) is 0 Å². The van der Waals surface area contributed by atoms with E-state index in [1.165, 1.54) is 0 Å². The topological polar surface area (TPSA) is 27.7 Å². The van der Waals surface area contributed by atoms with E-state index in [1.54, 1.807) is 7.11 Å². The predicted molar refractivity (Wildman–Crippen MR) is 35.2 cm³/mol. The molecule has 64 valence electrons. The van der Waals surface area contributed by atoms with Crippen molar-refractivity contribution in [2.24, 2.45) is 0 Å². The highest BCUT2D eigenvalue weighted by atomic mass is 19.1. The Morgan fingerprint density at radius 3 is 2.73 bits per heavy atom. The van der Waals surface area contributed by atoms with E-state index in [1.807, 2.05) is 0 Å². The lowest BCUT2D eigenvalue weighted by molar-refractivity contribution is -0.0103. The first-order chi connectivity index (χ1) is 5.33. The van der Waals surface area contributed by atoms with E-state index < -0.39 is 6.17 Å². The van der Waals surface area contributed by atoms with Crippen LogP contribution >= 0.6 is 0 Å². The number of halogens is 1. The molecule has 4 heteroatoms. The molecule has 2 aliphatic rings. The van der Waals surface area contributed by atoms with E-state index in [0.717, 1.165) is 0 Å². The number of hydrogen-bond donors (Lipinski definition) is 0. The first kappa shape index (κ1) is 7.46. The first-order valence-electron chi connectivity index (χ1n) is 3.73. The molecule has 2 heterocycles. The largest absolute Gasteiger partial charge is 0.376 e. The number of hydrogen-bond acceptors (Lipinski definition) is 3. The molecule has 0 radical (unpaired) electrons. The molecule has 0 unspecified atom stereocenters. The average Bonchev–Trinajstić information content (AvgIpc) is 2.53. The SMILES string of the molecule is CO[C@@H]1CO[C@H]2[C@@H]1OC[C@@H]2F. The van der Waals surface area contributed by atoms with E-state index >= 15 is 0 Å².